The molecule has 1 saturated carbocycles. The number of aliphatic hydroxyl groups excluding tert-OH is 1. The fourth-order valence-corrected chi connectivity index (χ4v) is 1.94. The average Bonchev–Trinajstić information content (AvgIpc) is 3.09. The Balaban J connectivity index is 1.86. The molecule has 2 atom stereocenters. The lowest BCUT2D eigenvalue weighted by Crippen LogP contribution is -2.46. The summed E-state index contributed by atoms with van der Waals surface area (Å²) < 4.78 is 12.8. The van der Waals surface area contributed by atoms with E-state index < -0.39 is 11.6 Å². The van der Waals surface area contributed by atoms with E-state index in [1.807, 2.05) is 6.92 Å². The van der Waals surface area contributed by atoms with Gasteiger partial charge in [-0.3, -0.25) is 4.79 Å². The van der Waals surface area contributed by atoms with Crippen LogP contribution < -0.4 is 11.1 Å². The Hall–Kier alpha value is -1.46. The van der Waals surface area contributed by atoms with Crippen LogP contribution in [-0.2, 0) is 4.79 Å². The van der Waals surface area contributed by atoms with Crippen LogP contribution in [0, 0.1) is 5.82 Å². The summed E-state index contributed by atoms with van der Waals surface area (Å²) in [6.07, 6.45) is 1.06. The Morgan fingerprint density at radius 2 is 2.05 bits per heavy atom. The van der Waals surface area contributed by atoms with E-state index in [-0.39, 0.29) is 17.8 Å². The van der Waals surface area contributed by atoms with Gasteiger partial charge in [-0.25, -0.2) is 4.39 Å². The van der Waals surface area contributed by atoms with E-state index in [4.69, 9.17) is 5.73 Å². The van der Waals surface area contributed by atoms with Crippen LogP contribution in [0.5, 0.6) is 0 Å². The zero-order chi connectivity index (χ0) is 14.0. The van der Waals surface area contributed by atoms with Crippen molar-refractivity contribution in [1.82, 2.24) is 5.32 Å². The van der Waals surface area contributed by atoms with Crippen molar-refractivity contribution in [2.75, 3.05) is 0 Å². The van der Waals surface area contributed by atoms with Crippen LogP contribution >= 0.6 is 0 Å². The normalized spacial score (nSPS) is 19.6. The number of hydrogen-bond acceptors (Lipinski definition) is 3. The molecule has 104 valence electrons. The molecule has 1 aromatic carbocycles. The highest BCUT2D eigenvalue weighted by Gasteiger charge is 2.46. The smallest absolute Gasteiger partial charge is 0.240 e. The third-order valence-electron chi connectivity index (χ3n) is 3.45. The van der Waals surface area contributed by atoms with E-state index in [2.05, 4.69) is 5.32 Å². The highest BCUT2D eigenvalue weighted by molar-refractivity contribution is 5.89. The number of nitrogens with one attached hydrogen (secondary N) is 1. The van der Waals surface area contributed by atoms with Gasteiger partial charge in [0.2, 0.25) is 5.91 Å². The summed E-state index contributed by atoms with van der Waals surface area (Å²) in [5.41, 5.74) is 5.72. The number of rotatable bonds is 5. The molecule has 0 heterocycles. The molecule has 1 fully saturated rings. The van der Waals surface area contributed by atoms with E-state index in [0.717, 1.165) is 0 Å². The summed E-state index contributed by atoms with van der Waals surface area (Å²) >= 11 is 0. The second-order valence-corrected chi connectivity index (χ2v) is 5.33. The van der Waals surface area contributed by atoms with E-state index in [1.165, 1.54) is 12.1 Å². The first-order valence-corrected chi connectivity index (χ1v) is 6.44. The second-order valence-electron chi connectivity index (χ2n) is 5.33. The number of amides is 1. The number of benzene rings is 1. The molecule has 1 aromatic rings. The molecule has 4 N–H and O–H groups in total. The lowest BCUT2D eigenvalue weighted by Gasteiger charge is -2.20. The van der Waals surface area contributed by atoms with Gasteiger partial charge in [-0.2, -0.15) is 0 Å². The fourth-order valence-electron chi connectivity index (χ4n) is 1.94. The Kier molecular flexibility index (Phi) is 3.87. The fraction of sp³-hybridized carbons (Fsp3) is 0.500. The highest BCUT2D eigenvalue weighted by Crippen LogP contribution is 2.32. The Morgan fingerprint density at radius 1 is 1.47 bits per heavy atom. The van der Waals surface area contributed by atoms with Gasteiger partial charge in [-0.15, -0.1) is 0 Å². The largest absolute Gasteiger partial charge is 0.388 e. The molecule has 2 unspecified atom stereocenters. The zero-order valence-corrected chi connectivity index (χ0v) is 10.9. The minimum Gasteiger partial charge on any atom is -0.388 e. The molecule has 0 spiro atoms. The topological polar surface area (TPSA) is 75.3 Å². The molecule has 19 heavy (non-hydrogen) atoms. The van der Waals surface area contributed by atoms with Crippen LogP contribution in [0.2, 0.25) is 0 Å². The van der Waals surface area contributed by atoms with Gasteiger partial charge in [-0.05, 0) is 43.9 Å². The predicted molar refractivity (Wildman–Crippen MR) is 69.7 cm³/mol. The van der Waals surface area contributed by atoms with Gasteiger partial charge in [0, 0.05) is 6.04 Å². The molecule has 1 aliphatic rings. The molecule has 4 nitrogen and oxygen atoms in total. The molecular weight excluding hydrogens is 247 g/mol. The molecule has 2 rings (SSSR count). The maximum atomic E-state index is 12.8. The molecule has 1 aliphatic carbocycles. The molecule has 0 radical (unpaired) electrons. The van der Waals surface area contributed by atoms with E-state index in [9.17, 15) is 14.3 Å². The van der Waals surface area contributed by atoms with E-state index in [1.54, 1.807) is 12.1 Å². The van der Waals surface area contributed by atoms with Crippen LogP contribution in [0.4, 0.5) is 4.39 Å². The minimum atomic E-state index is -0.733. The molecule has 0 aromatic heterocycles. The van der Waals surface area contributed by atoms with Crippen molar-refractivity contribution < 1.29 is 14.3 Å². The standard InChI is InChI=1S/C14H19FN2O2/c1-9(17-13(19)14(16)6-7-14)8-12(18)10-2-4-11(15)5-3-10/h2-5,9,12,18H,6-8,16H2,1H3,(H,17,19). The minimum absolute atomic E-state index is 0.161. The van der Waals surface area contributed by atoms with Crippen LogP contribution in [0.15, 0.2) is 24.3 Å². The first-order chi connectivity index (χ1) is 8.90. The second kappa shape index (κ2) is 5.27. The predicted octanol–water partition coefficient (Wildman–Crippen LogP) is 1.25. The first kappa shape index (κ1) is 14.0. The van der Waals surface area contributed by atoms with Gasteiger partial charge in [0.15, 0.2) is 0 Å². The summed E-state index contributed by atoms with van der Waals surface area (Å²) in [4.78, 5) is 11.7. The lowest BCUT2D eigenvalue weighted by molar-refractivity contribution is -0.124. The highest BCUT2D eigenvalue weighted by atomic mass is 19.1. The van der Waals surface area contributed by atoms with Crippen molar-refractivity contribution in [3.63, 3.8) is 0 Å². The summed E-state index contributed by atoms with van der Waals surface area (Å²) in [6, 6.07) is 5.51. The molecule has 0 saturated heterocycles. The van der Waals surface area contributed by atoms with Gasteiger partial charge in [-0.1, -0.05) is 12.1 Å². The number of halogens is 1. The number of hydrogen-bond donors (Lipinski definition) is 3. The number of nitrogens with two attached hydrogens (primary N) is 1. The Labute approximate surface area is 111 Å². The number of aliphatic hydroxyl groups is 1. The van der Waals surface area contributed by atoms with Crippen molar-refractivity contribution in [1.29, 1.82) is 0 Å². The van der Waals surface area contributed by atoms with Crippen LogP contribution in [0.25, 0.3) is 0 Å². The van der Waals surface area contributed by atoms with Crippen molar-refractivity contribution in [3.8, 4) is 0 Å². The zero-order valence-electron chi connectivity index (χ0n) is 10.9. The van der Waals surface area contributed by atoms with Crippen molar-refractivity contribution in [2.24, 2.45) is 5.73 Å². The van der Waals surface area contributed by atoms with Crippen LogP contribution in [0.1, 0.15) is 37.9 Å². The molecule has 1 amide bonds. The van der Waals surface area contributed by atoms with Crippen LogP contribution in [-0.4, -0.2) is 22.6 Å². The van der Waals surface area contributed by atoms with Gasteiger partial charge in [0.1, 0.15) is 5.82 Å². The van der Waals surface area contributed by atoms with Crippen LogP contribution in [0.3, 0.4) is 0 Å². The van der Waals surface area contributed by atoms with Crippen molar-refractivity contribution in [2.45, 2.75) is 43.9 Å². The van der Waals surface area contributed by atoms with Crippen molar-refractivity contribution in [3.05, 3.63) is 35.6 Å². The van der Waals surface area contributed by atoms with Crippen molar-refractivity contribution >= 4 is 5.91 Å². The van der Waals surface area contributed by atoms with Gasteiger partial charge < -0.3 is 16.2 Å². The summed E-state index contributed by atoms with van der Waals surface area (Å²) in [5, 5.41) is 12.8. The van der Waals surface area contributed by atoms with Gasteiger partial charge >= 0.3 is 0 Å². The average molecular weight is 266 g/mol. The Morgan fingerprint density at radius 3 is 2.58 bits per heavy atom. The summed E-state index contributed by atoms with van der Waals surface area (Å²) in [6.45, 7) is 1.82. The lowest BCUT2D eigenvalue weighted by atomic mass is 10.0. The monoisotopic (exact) mass is 266 g/mol. The first-order valence-electron chi connectivity index (χ1n) is 6.44. The third kappa shape index (κ3) is 3.52. The van der Waals surface area contributed by atoms with Gasteiger partial charge in [0.25, 0.3) is 0 Å². The number of carbonyl (C=O) groups is 1. The summed E-state index contributed by atoms with van der Waals surface area (Å²) in [7, 11) is 0. The summed E-state index contributed by atoms with van der Waals surface area (Å²) in [5.74, 6) is -0.498. The maximum absolute atomic E-state index is 12.8. The molecule has 0 bridgehead atoms. The quantitative estimate of drug-likeness (QED) is 0.750. The van der Waals surface area contributed by atoms with Gasteiger partial charge in [0.05, 0.1) is 11.6 Å². The molecule has 5 heteroatoms. The Bertz CT molecular complexity index is 457. The third-order valence-corrected chi connectivity index (χ3v) is 3.45. The SMILES string of the molecule is CC(CC(O)c1ccc(F)cc1)NC(=O)C1(N)CC1. The molecule has 0 aliphatic heterocycles. The van der Waals surface area contributed by atoms with E-state index in [0.29, 0.717) is 24.8 Å². The molecular formula is C14H19FN2O2. The maximum Gasteiger partial charge on any atom is 0.240 e. The number of carbonyl (C=O) groups excluding carboxylic acids is 1. The van der Waals surface area contributed by atoms with E-state index >= 15 is 0 Å².